The molecule has 10 heteroatoms. The lowest BCUT2D eigenvalue weighted by Crippen LogP contribution is -1.84. The van der Waals surface area contributed by atoms with Gasteiger partial charge in [-0.2, -0.15) is 4.98 Å². The number of nitrogens with one attached hydrogen (secondary N) is 3. The first-order valence-electron chi connectivity index (χ1n) is 5.51. The van der Waals surface area contributed by atoms with E-state index in [1.165, 1.54) is 12.7 Å². The van der Waals surface area contributed by atoms with Gasteiger partial charge in [-0.3, -0.25) is 0 Å². The second-order valence-corrected chi connectivity index (χ2v) is 4.15. The van der Waals surface area contributed by atoms with Gasteiger partial charge in [0.05, 0.1) is 12.4 Å². The molecule has 5 N–H and O–H groups in total. The minimum absolute atomic E-state index is 0.371. The Labute approximate surface area is 116 Å². The summed E-state index contributed by atoms with van der Waals surface area (Å²) in [6.45, 7) is 0. The Morgan fingerprint density at radius 1 is 0.950 bits per heavy atom. The first kappa shape index (κ1) is 12.2. The molecule has 0 aliphatic carbocycles. The number of nitrogens with two attached hydrogens (primary N) is 1. The van der Waals surface area contributed by atoms with Crippen molar-refractivity contribution in [3.05, 3.63) is 29.8 Å². The second kappa shape index (κ2) is 5.01. The molecule has 0 aliphatic rings. The number of imidazole rings is 2. The first-order chi connectivity index (χ1) is 9.72. The van der Waals surface area contributed by atoms with E-state index in [1.54, 1.807) is 12.4 Å². The quantitative estimate of drug-likeness (QED) is 0.353. The minimum atomic E-state index is 0.371. The van der Waals surface area contributed by atoms with Crippen molar-refractivity contribution in [2.45, 2.75) is 0 Å². The number of aromatic nitrogens is 8. The molecule has 0 saturated carbocycles. The van der Waals surface area contributed by atoms with E-state index in [0.717, 1.165) is 16.7 Å². The molecule has 20 heavy (non-hydrogen) atoms. The normalized spacial score (nSPS) is 10.4. The maximum atomic E-state index is 5.36. The van der Waals surface area contributed by atoms with E-state index in [4.69, 9.17) is 18.0 Å². The number of fused-ring (bicyclic) bond motifs is 2. The number of rotatable bonds is 0. The summed E-state index contributed by atoms with van der Waals surface area (Å²) < 4.78 is 0.579. The predicted molar refractivity (Wildman–Crippen MR) is 75.2 cm³/mol. The van der Waals surface area contributed by atoms with Gasteiger partial charge in [-0.25, -0.2) is 19.9 Å². The molecule has 0 unspecified atom stereocenters. The van der Waals surface area contributed by atoms with E-state index < -0.39 is 0 Å². The van der Waals surface area contributed by atoms with E-state index in [2.05, 4.69) is 39.9 Å². The number of nitrogen functional groups attached to an aromatic ring is 1. The van der Waals surface area contributed by atoms with Gasteiger partial charge in [-0.1, -0.05) is 0 Å². The molecule has 0 spiro atoms. The molecule has 0 amide bonds. The van der Waals surface area contributed by atoms with Crippen LogP contribution < -0.4 is 5.73 Å². The zero-order valence-corrected chi connectivity index (χ0v) is 10.8. The van der Waals surface area contributed by atoms with Gasteiger partial charge in [0.1, 0.15) is 23.7 Å². The number of anilines is 1. The van der Waals surface area contributed by atoms with Crippen LogP contribution in [-0.4, -0.2) is 39.9 Å². The Morgan fingerprint density at radius 2 is 1.70 bits per heavy atom. The molecule has 9 nitrogen and oxygen atoms in total. The molecule has 0 fully saturated rings. The molecule has 0 atom stereocenters. The largest absolute Gasteiger partial charge is 0.369 e. The number of nitrogens with zero attached hydrogens (tertiary/aromatic N) is 5. The molecule has 4 rings (SSSR count). The molecule has 4 aromatic rings. The fourth-order valence-electron chi connectivity index (χ4n) is 1.56. The Balaban J connectivity index is 0.000000121. The molecule has 0 bridgehead atoms. The van der Waals surface area contributed by atoms with Gasteiger partial charge in [-0.05, 0) is 12.2 Å². The van der Waals surface area contributed by atoms with Crippen molar-refractivity contribution in [2.75, 3.05) is 5.73 Å². The summed E-state index contributed by atoms with van der Waals surface area (Å²) in [5.41, 5.74) is 8.31. The monoisotopic (exact) mass is 287 g/mol. The van der Waals surface area contributed by atoms with Crippen molar-refractivity contribution in [3.8, 4) is 0 Å². The average molecular weight is 287 g/mol. The maximum absolute atomic E-state index is 5.36. The SMILES string of the molecule is Nc1nc2ncncc2[nH]1.S=c1[nH]c2cncnc2[nH]1. The zero-order chi connectivity index (χ0) is 13.9. The van der Waals surface area contributed by atoms with Gasteiger partial charge in [0, 0.05) is 0 Å². The Bertz CT molecular complexity index is 836. The van der Waals surface area contributed by atoms with Gasteiger partial charge in [0.25, 0.3) is 0 Å². The van der Waals surface area contributed by atoms with Gasteiger partial charge in [0.2, 0.25) is 0 Å². The maximum Gasteiger partial charge on any atom is 0.200 e. The zero-order valence-electron chi connectivity index (χ0n) is 10.0. The van der Waals surface area contributed by atoms with Crippen molar-refractivity contribution in [1.82, 2.24) is 39.9 Å². The molecule has 4 heterocycles. The third kappa shape index (κ3) is 2.44. The van der Waals surface area contributed by atoms with E-state index in [1.807, 2.05) is 0 Å². The highest BCUT2D eigenvalue weighted by molar-refractivity contribution is 7.71. The van der Waals surface area contributed by atoms with Crippen LogP contribution in [0.3, 0.4) is 0 Å². The highest BCUT2D eigenvalue weighted by Crippen LogP contribution is 2.05. The standard InChI is InChI=1S/C5H5N5.C5H4N4S/c6-5-9-3-1-7-2-8-4(3)10-5;10-5-8-3-1-6-2-7-4(3)9-5/h1-2H,(H3,6,7,8,9,10);1-2H,(H2,6,7,8,9,10). The number of aromatic amines is 3. The third-order valence-electron chi connectivity index (χ3n) is 2.37. The van der Waals surface area contributed by atoms with Gasteiger partial charge < -0.3 is 20.7 Å². The molecule has 100 valence electrons. The summed E-state index contributed by atoms with van der Waals surface area (Å²) in [4.78, 5) is 27.9. The van der Waals surface area contributed by atoms with Crippen molar-refractivity contribution in [2.24, 2.45) is 0 Å². The summed E-state index contributed by atoms with van der Waals surface area (Å²) >= 11 is 4.83. The van der Waals surface area contributed by atoms with Crippen LogP contribution in [-0.2, 0) is 0 Å². The molecular weight excluding hydrogens is 278 g/mol. The van der Waals surface area contributed by atoms with Crippen molar-refractivity contribution < 1.29 is 0 Å². The van der Waals surface area contributed by atoms with E-state index in [0.29, 0.717) is 16.4 Å². The smallest absolute Gasteiger partial charge is 0.200 e. The predicted octanol–water partition coefficient (Wildman–Crippen LogP) is 0.951. The van der Waals surface area contributed by atoms with Crippen molar-refractivity contribution >= 4 is 40.5 Å². The summed E-state index contributed by atoms with van der Waals surface area (Å²) in [5, 5.41) is 0. The van der Waals surface area contributed by atoms with Crippen LogP contribution in [0.5, 0.6) is 0 Å². The topological polar surface area (TPSA) is 138 Å². The van der Waals surface area contributed by atoms with E-state index in [9.17, 15) is 0 Å². The molecule has 0 aromatic carbocycles. The fraction of sp³-hybridized carbons (Fsp3) is 0. The summed E-state index contributed by atoms with van der Waals surface area (Å²) in [7, 11) is 0. The minimum Gasteiger partial charge on any atom is -0.369 e. The summed E-state index contributed by atoms with van der Waals surface area (Å²) in [5.74, 6) is 0.371. The molecule has 0 radical (unpaired) electrons. The number of hydrogen-bond donors (Lipinski definition) is 4. The molecule has 0 aliphatic heterocycles. The lowest BCUT2D eigenvalue weighted by Gasteiger charge is -1.81. The lowest BCUT2D eigenvalue weighted by atomic mass is 10.6. The third-order valence-corrected chi connectivity index (χ3v) is 2.58. The molecule has 0 saturated heterocycles. The first-order valence-corrected chi connectivity index (χ1v) is 5.92. The van der Waals surface area contributed by atoms with Crippen LogP contribution in [0.4, 0.5) is 5.95 Å². The summed E-state index contributed by atoms with van der Waals surface area (Å²) in [6.07, 6.45) is 6.21. The average Bonchev–Trinajstić information content (AvgIpc) is 2.99. The van der Waals surface area contributed by atoms with Gasteiger partial charge >= 0.3 is 0 Å². The Kier molecular flexibility index (Phi) is 3.05. The number of hydrogen-bond acceptors (Lipinski definition) is 7. The Hall–Kier alpha value is -2.88. The summed E-state index contributed by atoms with van der Waals surface area (Å²) in [6, 6.07) is 0. The van der Waals surface area contributed by atoms with Crippen LogP contribution >= 0.6 is 12.2 Å². The van der Waals surface area contributed by atoms with Crippen LogP contribution in [0.25, 0.3) is 22.3 Å². The van der Waals surface area contributed by atoms with Gasteiger partial charge in [0.15, 0.2) is 22.0 Å². The highest BCUT2D eigenvalue weighted by atomic mass is 32.1. The Morgan fingerprint density at radius 3 is 2.45 bits per heavy atom. The van der Waals surface area contributed by atoms with Crippen molar-refractivity contribution in [1.29, 1.82) is 0 Å². The van der Waals surface area contributed by atoms with Gasteiger partial charge in [-0.15, -0.1) is 0 Å². The fourth-order valence-corrected chi connectivity index (χ4v) is 1.77. The number of H-pyrrole nitrogens is 3. The van der Waals surface area contributed by atoms with Crippen LogP contribution in [0.2, 0.25) is 0 Å². The van der Waals surface area contributed by atoms with Crippen LogP contribution in [0.15, 0.2) is 25.0 Å². The highest BCUT2D eigenvalue weighted by Gasteiger charge is 1.97. The molecule has 4 aromatic heterocycles. The van der Waals surface area contributed by atoms with E-state index in [-0.39, 0.29) is 0 Å². The second-order valence-electron chi connectivity index (χ2n) is 3.75. The van der Waals surface area contributed by atoms with Crippen LogP contribution in [0, 0.1) is 4.77 Å². The van der Waals surface area contributed by atoms with Crippen LogP contribution in [0.1, 0.15) is 0 Å². The van der Waals surface area contributed by atoms with Crippen molar-refractivity contribution in [3.63, 3.8) is 0 Å². The molecular formula is C10H9N9S. The van der Waals surface area contributed by atoms with E-state index >= 15 is 0 Å². The lowest BCUT2D eigenvalue weighted by molar-refractivity contribution is 1.20.